The number of benzene rings is 2. The highest BCUT2D eigenvalue weighted by Crippen LogP contribution is 2.23. The molecule has 0 radical (unpaired) electrons. The van der Waals surface area contributed by atoms with Crippen LogP contribution in [-0.2, 0) is 19.6 Å². The van der Waals surface area contributed by atoms with Crippen LogP contribution in [0.5, 0.6) is 0 Å². The van der Waals surface area contributed by atoms with Gasteiger partial charge in [-0.15, -0.1) is 0 Å². The largest absolute Gasteiger partial charge is 0.336 e. The molecule has 0 atom stereocenters. The summed E-state index contributed by atoms with van der Waals surface area (Å²) in [6, 6.07) is 14.2. The molecule has 1 aliphatic rings. The van der Waals surface area contributed by atoms with Gasteiger partial charge < -0.3 is 4.90 Å². The second-order valence-corrected chi connectivity index (χ2v) is 6.55. The van der Waals surface area contributed by atoms with Crippen molar-refractivity contribution in [2.75, 3.05) is 14.1 Å². The van der Waals surface area contributed by atoms with Crippen LogP contribution in [0.15, 0.2) is 42.5 Å². The smallest absolute Gasteiger partial charge is 0.275 e. The quantitative estimate of drug-likeness (QED) is 0.807. The minimum atomic E-state index is -0.0648. The number of aromatic nitrogens is 2. The number of nitrogens with zero attached hydrogens (tertiary/aromatic N) is 3. The van der Waals surface area contributed by atoms with E-state index in [9.17, 15) is 4.79 Å². The van der Waals surface area contributed by atoms with Crippen LogP contribution in [0.2, 0.25) is 0 Å². The lowest BCUT2D eigenvalue weighted by Crippen LogP contribution is -2.26. The fraction of sp³-hybridized carbons (Fsp3) is 0.263. The van der Waals surface area contributed by atoms with Crippen LogP contribution in [0, 0.1) is 0 Å². The van der Waals surface area contributed by atoms with E-state index in [2.05, 4.69) is 40.3 Å². The van der Waals surface area contributed by atoms with E-state index in [1.165, 1.54) is 11.1 Å². The van der Waals surface area contributed by atoms with Crippen molar-refractivity contribution in [3.05, 3.63) is 64.8 Å². The maximum Gasteiger partial charge on any atom is 0.275 e. The molecular formula is C19H20N4O. The van der Waals surface area contributed by atoms with Crippen molar-refractivity contribution in [2.24, 2.45) is 0 Å². The highest BCUT2D eigenvalue weighted by molar-refractivity contribution is 6.04. The number of rotatable bonds is 3. The molecule has 5 heteroatoms. The van der Waals surface area contributed by atoms with Crippen molar-refractivity contribution in [1.29, 1.82) is 0 Å². The summed E-state index contributed by atoms with van der Waals surface area (Å²) in [5, 5.41) is 7.99. The first-order chi connectivity index (χ1) is 11.6. The number of carbonyl (C=O) groups is 1. The van der Waals surface area contributed by atoms with Gasteiger partial charge in [-0.05, 0) is 29.8 Å². The van der Waals surface area contributed by atoms with Crippen LogP contribution in [0.3, 0.4) is 0 Å². The zero-order chi connectivity index (χ0) is 16.7. The Morgan fingerprint density at radius 3 is 2.88 bits per heavy atom. The van der Waals surface area contributed by atoms with E-state index >= 15 is 0 Å². The Kier molecular flexibility index (Phi) is 3.58. The number of H-pyrrole nitrogens is 1. The number of carbonyl (C=O) groups excluding carboxylic acids is 1. The van der Waals surface area contributed by atoms with Gasteiger partial charge >= 0.3 is 0 Å². The number of hydrogen-bond acceptors (Lipinski definition) is 3. The number of para-hydroxylation sites is 1. The summed E-state index contributed by atoms with van der Waals surface area (Å²) in [4.78, 5) is 16.8. The van der Waals surface area contributed by atoms with Gasteiger partial charge in [0.15, 0.2) is 5.69 Å². The molecule has 0 fully saturated rings. The molecule has 122 valence electrons. The fourth-order valence-corrected chi connectivity index (χ4v) is 3.37. The molecule has 1 aliphatic heterocycles. The minimum absolute atomic E-state index is 0.0648. The van der Waals surface area contributed by atoms with Gasteiger partial charge in [0, 0.05) is 32.1 Å². The fourth-order valence-electron chi connectivity index (χ4n) is 3.37. The summed E-state index contributed by atoms with van der Waals surface area (Å²) in [5.74, 6) is -0.0648. The maximum absolute atomic E-state index is 12.7. The van der Waals surface area contributed by atoms with Crippen molar-refractivity contribution in [1.82, 2.24) is 20.0 Å². The first-order valence-corrected chi connectivity index (χ1v) is 8.09. The van der Waals surface area contributed by atoms with Crippen molar-refractivity contribution >= 4 is 16.8 Å². The third-order valence-electron chi connectivity index (χ3n) is 4.59. The zero-order valence-corrected chi connectivity index (χ0v) is 13.9. The standard InChI is InChI=1S/C19H20N4O/c1-22-11-14-8-7-13(9-15(14)12-22)10-23(2)19(24)18-16-5-3-4-6-17(16)20-21-18/h3-9H,10-12H2,1-2H3,(H,20,21). The third kappa shape index (κ3) is 2.57. The summed E-state index contributed by atoms with van der Waals surface area (Å²) in [5.41, 5.74) is 5.26. The molecule has 2 aromatic carbocycles. The van der Waals surface area contributed by atoms with Crippen LogP contribution in [0.25, 0.3) is 10.9 Å². The number of nitrogens with one attached hydrogen (secondary N) is 1. The van der Waals surface area contributed by atoms with Gasteiger partial charge in [-0.25, -0.2) is 0 Å². The summed E-state index contributed by atoms with van der Waals surface area (Å²) in [6.07, 6.45) is 0. The lowest BCUT2D eigenvalue weighted by atomic mass is 10.1. The molecule has 24 heavy (non-hydrogen) atoms. The molecule has 0 aliphatic carbocycles. The Balaban J connectivity index is 1.55. The molecule has 2 heterocycles. The van der Waals surface area contributed by atoms with Gasteiger partial charge in [-0.1, -0.05) is 36.4 Å². The Morgan fingerprint density at radius 1 is 1.21 bits per heavy atom. The first-order valence-electron chi connectivity index (χ1n) is 8.09. The normalized spacial score (nSPS) is 14.1. The van der Waals surface area contributed by atoms with Crippen LogP contribution in [0.1, 0.15) is 27.2 Å². The summed E-state index contributed by atoms with van der Waals surface area (Å²) in [6.45, 7) is 2.56. The minimum Gasteiger partial charge on any atom is -0.336 e. The van der Waals surface area contributed by atoms with E-state index in [4.69, 9.17) is 0 Å². The topological polar surface area (TPSA) is 52.2 Å². The van der Waals surface area contributed by atoms with Gasteiger partial charge in [-0.2, -0.15) is 5.10 Å². The number of aromatic amines is 1. The van der Waals surface area contributed by atoms with Gasteiger partial charge in [0.1, 0.15) is 0 Å². The predicted molar refractivity (Wildman–Crippen MR) is 93.5 cm³/mol. The SMILES string of the molecule is CN1Cc2ccc(CN(C)C(=O)c3n[nH]c4ccccc34)cc2C1. The molecule has 0 spiro atoms. The summed E-state index contributed by atoms with van der Waals surface area (Å²) in [7, 11) is 3.95. The molecule has 0 bridgehead atoms. The van der Waals surface area contributed by atoms with Crippen LogP contribution < -0.4 is 0 Å². The lowest BCUT2D eigenvalue weighted by molar-refractivity contribution is 0.0781. The van der Waals surface area contributed by atoms with Crippen LogP contribution in [-0.4, -0.2) is 40.0 Å². The van der Waals surface area contributed by atoms with Gasteiger partial charge in [0.25, 0.3) is 5.91 Å². The third-order valence-corrected chi connectivity index (χ3v) is 4.59. The lowest BCUT2D eigenvalue weighted by Gasteiger charge is -2.17. The van der Waals surface area contributed by atoms with E-state index < -0.39 is 0 Å². The van der Waals surface area contributed by atoms with Gasteiger partial charge in [-0.3, -0.25) is 14.8 Å². The van der Waals surface area contributed by atoms with Crippen molar-refractivity contribution in [3.8, 4) is 0 Å². The average molecular weight is 320 g/mol. The number of hydrogen-bond donors (Lipinski definition) is 1. The Hall–Kier alpha value is -2.66. The van der Waals surface area contributed by atoms with E-state index in [1.807, 2.05) is 31.3 Å². The second-order valence-electron chi connectivity index (χ2n) is 6.55. The molecule has 3 aromatic rings. The zero-order valence-electron chi connectivity index (χ0n) is 13.9. The molecule has 0 unspecified atom stereocenters. The van der Waals surface area contributed by atoms with Crippen molar-refractivity contribution < 1.29 is 4.79 Å². The Morgan fingerprint density at radius 2 is 2.00 bits per heavy atom. The molecule has 1 amide bonds. The second kappa shape index (κ2) is 5.76. The molecular weight excluding hydrogens is 300 g/mol. The van der Waals surface area contributed by atoms with Gasteiger partial charge in [0.05, 0.1) is 5.52 Å². The molecule has 1 N–H and O–H groups in total. The maximum atomic E-state index is 12.7. The average Bonchev–Trinajstić information content (AvgIpc) is 3.16. The van der Waals surface area contributed by atoms with E-state index in [-0.39, 0.29) is 5.91 Å². The monoisotopic (exact) mass is 320 g/mol. The van der Waals surface area contributed by atoms with E-state index in [0.717, 1.165) is 29.6 Å². The number of amides is 1. The molecule has 1 aromatic heterocycles. The Bertz CT molecular complexity index is 915. The van der Waals surface area contributed by atoms with Crippen molar-refractivity contribution in [2.45, 2.75) is 19.6 Å². The predicted octanol–water partition coefficient (Wildman–Crippen LogP) is 2.78. The molecule has 0 saturated heterocycles. The molecule has 5 nitrogen and oxygen atoms in total. The summed E-state index contributed by atoms with van der Waals surface area (Å²) < 4.78 is 0. The first kappa shape index (κ1) is 14.9. The van der Waals surface area contributed by atoms with Gasteiger partial charge in [0.2, 0.25) is 0 Å². The van der Waals surface area contributed by atoms with Crippen LogP contribution >= 0.6 is 0 Å². The highest BCUT2D eigenvalue weighted by atomic mass is 16.2. The highest BCUT2D eigenvalue weighted by Gasteiger charge is 2.20. The summed E-state index contributed by atoms with van der Waals surface area (Å²) >= 11 is 0. The molecule has 4 rings (SSSR count). The van der Waals surface area contributed by atoms with Crippen molar-refractivity contribution in [3.63, 3.8) is 0 Å². The Labute approximate surface area is 140 Å². The number of fused-ring (bicyclic) bond motifs is 2. The van der Waals surface area contributed by atoms with E-state index in [1.54, 1.807) is 4.90 Å². The van der Waals surface area contributed by atoms with Crippen LogP contribution in [0.4, 0.5) is 0 Å². The van der Waals surface area contributed by atoms with E-state index in [0.29, 0.717) is 12.2 Å². The molecule has 0 saturated carbocycles.